The van der Waals surface area contributed by atoms with Gasteiger partial charge in [0.2, 0.25) is 0 Å². The lowest BCUT2D eigenvalue weighted by molar-refractivity contribution is -0.167. The Morgan fingerprint density at radius 3 is 2.56 bits per heavy atom. The number of ether oxygens (including phenoxy) is 2. The number of halogens is 1. The Balaban J connectivity index is 2.06. The Morgan fingerprint density at radius 2 is 2.00 bits per heavy atom. The molecule has 5 nitrogen and oxygen atoms in total. The lowest BCUT2D eigenvalue weighted by Crippen LogP contribution is -2.39. The van der Waals surface area contributed by atoms with Gasteiger partial charge in [0.1, 0.15) is 6.61 Å². The zero-order valence-corrected chi connectivity index (χ0v) is 15.4. The van der Waals surface area contributed by atoms with Crippen LogP contribution in [0.4, 0.5) is 0 Å². The molecule has 0 amide bonds. The molecule has 1 aliphatic rings. The molecular weight excluding hydrogens is 344 g/mol. The van der Waals surface area contributed by atoms with Gasteiger partial charge in [-0.05, 0) is 29.2 Å². The van der Waals surface area contributed by atoms with Gasteiger partial charge in [0.15, 0.2) is 5.60 Å². The Bertz CT molecular complexity index is 672. The fourth-order valence-electron chi connectivity index (χ4n) is 2.50. The third-order valence-electron chi connectivity index (χ3n) is 3.75. The number of cyclic esters (lactones) is 1. The van der Waals surface area contributed by atoms with E-state index >= 15 is 0 Å². The van der Waals surface area contributed by atoms with Crippen LogP contribution in [-0.4, -0.2) is 35.9 Å². The summed E-state index contributed by atoms with van der Waals surface area (Å²) in [5.74, 6) is -0.901. The van der Waals surface area contributed by atoms with Gasteiger partial charge >= 0.3 is 11.9 Å². The molecule has 0 spiro atoms. The first-order valence-electron chi connectivity index (χ1n) is 8.08. The quantitative estimate of drug-likeness (QED) is 0.638. The maximum atomic E-state index is 12.1. The summed E-state index contributed by atoms with van der Waals surface area (Å²) in [6.07, 6.45) is 2.11. The van der Waals surface area contributed by atoms with Gasteiger partial charge in [-0.3, -0.25) is 4.79 Å². The van der Waals surface area contributed by atoms with E-state index in [1.54, 1.807) is 30.3 Å². The van der Waals surface area contributed by atoms with Gasteiger partial charge in [0.05, 0.1) is 13.0 Å². The molecule has 0 radical (unpaired) electrons. The van der Waals surface area contributed by atoms with Crippen molar-refractivity contribution in [2.24, 2.45) is 5.41 Å². The first kappa shape index (κ1) is 19.5. The maximum absolute atomic E-state index is 12.1. The number of aliphatic hydroxyl groups excluding tert-OH is 1. The van der Waals surface area contributed by atoms with Crippen molar-refractivity contribution in [1.82, 2.24) is 0 Å². The van der Waals surface area contributed by atoms with Crippen LogP contribution in [0.5, 0.6) is 0 Å². The molecule has 0 aromatic heterocycles. The van der Waals surface area contributed by atoms with Crippen LogP contribution in [0.25, 0.3) is 6.08 Å². The molecule has 1 unspecified atom stereocenters. The van der Waals surface area contributed by atoms with E-state index in [4.69, 9.17) is 21.1 Å². The van der Waals surface area contributed by atoms with Gasteiger partial charge < -0.3 is 14.6 Å². The smallest absolute Gasteiger partial charge is 0.334 e. The lowest BCUT2D eigenvalue weighted by atomic mass is 9.92. The molecule has 1 heterocycles. The van der Waals surface area contributed by atoms with Gasteiger partial charge in [-0.2, -0.15) is 0 Å². The summed E-state index contributed by atoms with van der Waals surface area (Å²) < 4.78 is 10.6. The predicted molar refractivity (Wildman–Crippen MR) is 95.0 cm³/mol. The Labute approximate surface area is 152 Å². The Kier molecular flexibility index (Phi) is 5.91. The minimum absolute atomic E-state index is 0.165. The van der Waals surface area contributed by atoms with Crippen molar-refractivity contribution >= 4 is 29.6 Å². The highest BCUT2D eigenvalue weighted by atomic mass is 35.5. The minimum atomic E-state index is -1.22. The van der Waals surface area contributed by atoms with Crippen molar-refractivity contribution in [3.8, 4) is 0 Å². The van der Waals surface area contributed by atoms with E-state index in [0.717, 1.165) is 5.56 Å². The molecule has 2 rings (SSSR count). The third-order valence-corrected chi connectivity index (χ3v) is 4.01. The highest BCUT2D eigenvalue weighted by molar-refractivity contribution is 6.30. The Hall–Kier alpha value is -1.85. The molecular formula is C19H23ClO5. The molecule has 0 bridgehead atoms. The van der Waals surface area contributed by atoms with Crippen LogP contribution in [-0.2, 0) is 19.1 Å². The molecule has 1 aromatic rings. The average Bonchev–Trinajstić information content (AvgIpc) is 2.83. The number of aliphatic hydroxyl groups is 1. The fourth-order valence-corrected chi connectivity index (χ4v) is 2.62. The normalized spacial score (nSPS) is 22.1. The molecule has 1 saturated heterocycles. The number of carbonyl (C=O) groups excluding carboxylic acids is 2. The van der Waals surface area contributed by atoms with Crippen LogP contribution in [0.1, 0.15) is 39.2 Å². The standard InChI is InChI=1S/C19H23ClO5/c1-18(2,3)10-16(22)24-12-19(11-21)9-14(17(23)25-19)8-13-4-6-15(20)7-5-13/h4-8,21H,9-12H2,1-3H3/b14-8-. The third kappa shape index (κ3) is 5.58. The first-order valence-corrected chi connectivity index (χ1v) is 8.46. The number of esters is 2. The molecule has 25 heavy (non-hydrogen) atoms. The molecule has 1 N–H and O–H groups in total. The van der Waals surface area contributed by atoms with E-state index < -0.39 is 18.2 Å². The van der Waals surface area contributed by atoms with E-state index in [0.29, 0.717) is 10.6 Å². The van der Waals surface area contributed by atoms with Gasteiger partial charge in [-0.25, -0.2) is 4.79 Å². The van der Waals surface area contributed by atoms with Crippen LogP contribution in [0.3, 0.4) is 0 Å². The second-order valence-electron chi connectivity index (χ2n) is 7.53. The predicted octanol–water partition coefficient (Wildman–Crippen LogP) is 3.38. The van der Waals surface area contributed by atoms with Crippen LogP contribution in [0.2, 0.25) is 5.02 Å². The van der Waals surface area contributed by atoms with Gasteiger partial charge in [0.25, 0.3) is 0 Å². The summed E-state index contributed by atoms with van der Waals surface area (Å²) in [6.45, 7) is 5.21. The second kappa shape index (κ2) is 7.58. The molecule has 1 aromatic carbocycles. The van der Waals surface area contributed by atoms with Crippen molar-refractivity contribution in [2.45, 2.75) is 39.2 Å². The number of hydrogen-bond acceptors (Lipinski definition) is 5. The van der Waals surface area contributed by atoms with Gasteiger partial charge in [-0.1, -0.05) is 44.5 Å². The molecule has 0 saturated carbocycles. The summed E-state index contributed by atoms with van der Waals surface area (Å²) in [5.41, 5.74) is -0.198. The molecule has 136 valence electrons. The molecule has 0 aliphatic carbocycles. The summed E-state index contributed by atoms with van der Waals surface area (Å²) in [7, 11) is 0. The summed E-state index contributed by atoms with van der Waals surface area (Å²) in [4.78, 5) is 24.0. The maximum Gasteiger partial charge on any atom is 0.334 e. The number of hydrogen-bond donors (Lipinski definition) is 1. The molecule has 1 fully saturated rings. The number of rotatable bonds is 5. The van der Waals surface area contributed by atoms with Crippen molar-refractivity contribution < 1.29 is 24.2 Å². The van der Waals surface area contributed by atoms with Crippen LogP contribution in [0.15, 0.2) is 29.8 Å². The van der Waals surface area contributed by atoms with E-state index in [2.05, 4.69) is 0 Å². The van der Waals surface area contributed by atoms with Crippen molar-refractivity contribution in [2.75, 3.05) is 13.2 Å². The summed E-state index contributed by atoms with van der Waals surface area (Å²) in [5, 5.41) is 10.3. The topological polar surface area (TPSA) is 72.8 Å². The molecule has 6 heteroatoms. The van der Waals surface area contributed by atoms with E-state index in [9.17, 15) is 14.7 Å². The van der Waals surface area contributed by atoms with E-state index in [-0.39, 0.29) is 30.8 Å². The fraction of sp³-hybridized carbons (Fsp3) is 0.474. The SMILES string of the molecule is CC(C)(C)CC(=O)OCC1(CO)C/C(=C/c2ccc(Cl)cc2)C(=O)O1. The second-order valence-corrected chi connectivity index (χ2v) is 7.96. The lowest BCUT2D eigenvalue weighted by Gasteiger charge is -2.25. The van der Waals surface area contributed by atoms with Crippen LogP contribution < -0.4 is 0 Å². The largest absolute Gasteiger partial charge is 0.461 e. The summed E-state index contributed by atoms with van der Waals surface area (Å²) in [6, 6.07) is 7.01. The highest BCUT2D eigenvalue weighted by Gasteiger charge is 2.44. The monoisotopic (exact) mass is 366 g/mol. The van der Waals surface area contributed by atoms with E-state index in [1.807, 2.05) is 20.8 Å². The zero-order chi connectivity index (χ0) is 18.7. The number of carbonyl (C=O) groups is 2. The molecule has 1 aliphatic heterocycles. The van der Waals surface area contributed by atoms with Gasteiger partial charge in [0, 0.05) is 17.0 Å². The highest BCUT2D eigenvalue weighted by Crippen LogP contribution is 2.33. The van der Waals surface area contributed by atoms with Crippen LogP contribution >= 0.6 is 11.6 Å². The minimum Gasteiger partial charge on any atom is -0.461 e. The van der Waals surface area contributed by atoms with Crippen molar-refractivity contribution in [3.05, 3.63) is 40.4 Å². The average molecular weight is 367 g/mol. The van der Waals surface area contributed by atoms with Gasteiger partial charge in [-0.15, -0.1) is 0 Å². The molecule has 1 atom stereocenters. The van der Waals surface area contributed by atoms with E-state index in [1.165, 1.54) is 0 Å². The zero-order valence-electron chi connectivity index (χ0n) is 14.7. The van der Waals surface area contributed by atoms with Crippen LogP contribution in [0, 0.1) is 5.41 Å². The number of benzene rings is 1. The first-order chi connectivity index (χ1) is 11.6. The van der Waals surface area contributed by atoms with Crippen molar-refractivity contribution in [1.29, 1.82) is 0 Å². The Morgan fingerprint density at radius 1 is 1.36 bits per heavy atom. The van der Waals surface area contributed by atoms with Crippen molar-refractivity contribution in [3.63, 3.8) is 0 Å². The summed E-state index contributed by atoms with van der Waals surface area (Å²) >= 11 is 5.85.